The zero-order valence-corrected chi connectivity index (χ0v) is 24.7. The number of ether oxygens (including phenoxy) is 6. The fourth-order valence-corrected chi connectivity index (χ4v) is 4.98. The summed E-state index contributed by atoms with van der Waals surface area (Å²) in [6.07, 6.45) is 6.48. The SMILES string of the molecule is COc1ccc(CCCCCCOC(=O)C2CCCCN2C(=O)C(=O)c2cc(OC)c(OC)c(OC)c2)cc1OC. The Morgan fingerprint density at radius 1 is 0.756 bits per heavy atom. The van der Waals surface area contributed by atoms with Crippen LogP contribution in [0.1, 0.15) is 60.9 Å². The van der Waals surface area contributed by atoms with Gasteiger partial charge in [-0.25, -0.2) is 4.79 Å². The van der Waals surface area contributed by atoms with E-state index >= 15 is 0 Å². The summed E-state index contributed by atoms with van der Waals surface area (Å²) in [5.74, 6) is 0.303. The lowest BCUT2D eigenvalue weighted by atomic mass is 10.00. The molecule has 1 atom stereocenters. The average Bonchev–Trinajstić information content (AvgIpc) is 3.02. The normalized spacial score (nSPS) is 14.7. The maximum atomic E-state index is 13.2. The minimum absolute atomic E-state index is 0.0928. The second-order valence-electron chi connectivity index (χ2n) is 9.77. The Kier molecular flexibility index (Phi) is 12.1. The van der Waals surface area contributed by atoms with Crippen molar-refractivity contribution in [1.82, 2.24) is 4.90 Å². The molecule has 10 nitrogen and oxygen atoms in total. The van der Waals surface area contributed by atoms with Crippen LogP contribution >= 0.6 is 0 Å². The van der Waals surface area contributed by atoms with Gasteiger partial charge in [-0.2, -0.15) is 0 Å². The quantitative estimate of drug-likeness (QED) is 0.131. The standard InChI is InChI=1S/C31H41NO9/c1-36-24-15-14-21(18-25(24)37-2)12-8-6-7-11-17-41-31(35)23-13-9-10-16-32(23)30(34)28(33)22-19-26(38-3)29(40-5)27(20-22)39-4/h14-15,18-20,23H,6-13,16-17H2,1-5H3. The number of methoxy groups -OCH3 is 5. The summed E-state index contributed by atoms with van der Waals surface area (Å²) >= 11 is 0. The molecule has 0 spiro atoms. The number of benzene rings is 2. The molecule has 3 rings (SSSR count). The number of Topliss-reactive ketones (excluding diaryl/α,β-unsaturated/α-hetero) is 1. The molecule has 0 aromatic heterocycles. The first-order valence-electron chi connectivity index (χ1n) is 13.9. The van der Waals surface area contributed by atoms with Crippen LogP contribution in [0.15, 0.2) is 30.3 Å². The van der Waals surface area contributed by atoms with Gasteiger partial charge in [0.15, 0.2) is 23.0 Å². The number of nitrogens with zero attached hydrogens (tertiary/aromatic N) is 1. The van der Waals surface area contributed by atoms with Crippen molar-refractivity contribution in [2.24, 2.45) is 0 Å². The molecule has 224 valence electrons. The van der Waals surface area contributed by atoms with E-state index in [0.29, 0.717) is 30.9 Å². The van der Waals surface area contributed by atoms with Gasteiger partial charge in [-0.1, -0.05) is 18.9 Å². The van der Waals surface area contributed by atoms with Gasteiger partial charge in [0.05, 0.1) is 42.2 Å². The van der Waals surface area contributed by atoms with Crippen LogP contribution in [-0.2, 0) is 20.7 Å². The highest BCUT2D eigenvalue weighted by Crippen LogP contribution is 2.38. The Hall–Kier alpha value is -3.95. The van der Waals surface area contributed by atoms with Crippen LogP contribution < -0.4 is 23.7 Å². The van der Waals surface area contributed by atoms with Crippen molar-refractivity contribution in [2.45, 2.75) is 57.4 Å². The molecule has 1 unspecified atom stereocenters. The van der Waals surface area contributed by atoms with Gasteiger partial charge in [0.2, 0.25) is 5.75 Å². The zero-order valence-electron chi connectivity index (χ0n) is 24.7. The van der Waals surface area contributed by atoms with E-state index in [1.54, 1.807) is 14.2 Å². The average molecular weight is 572 g/mol. The molecule has 1 heterocycles. The van der Waals surface area contributed by atoms with Crippen LogP contribution in [0.3, 0.4) is 0 Å². The van der Waals surface area contributed by atoms with Crippen LogP contribution in [0.4, 0.5) is 0 Å². The number of unbranched alkanes of at least 4 members (excludes halogenated alkanes) is 3. The van der Waals surface area contributed by atoms with Gasteiger partial charge in [0.1, 0.15) is 6.04 Å². The number of aryl methyl sites for hydroxylation is 1. The first-order chi connectivity index (χ1) is 19.9. The van der Waals surface area contributed by atoms with E-state index in [0.717, 1.165) is 44.3 Å². The maximum Gasteiger partial charge on any atom is 0.328 e. The summed E-state index contributed by atoms with van der Waals surface area (Å²) in [4.78, 5) is 40.7. The Balaban J connectivity index is 1.49. The fourth-order valence-electron chi connectivity index (χ4n) is 4.98. The molecule has 41 heavy (non-hydrogen) atoms. The van der Waals surface area contributed by atoms with E-state index in [2.05, 4.69) is 0 Å². The third-order valence-corrected chi connectivity index (χ3v) is 7.21. The monoisotopic (exact) mass is 571 g/mol. The third kappa shape index (κ3) is 8.05. The van der Waals surface area contributed by atoms with E-state index in [1.807, 2.05) is 18.2 Å². The Bertz CT molecular complexity index is 1170. The summed E-state index contributed by atoms with van der Waals surface area (Å²) < 4.78 is 32.1. The van der Waals surface area contributed by atoms with Crippen LogP contribution in [0.25, 0.3) is 0 Å². The van der Waals surface area contributed by atoms with Crippen molar-refractivity contribution in [1.29, 1.82) is 0 Å². The number of ketones is 1. The maximum absolute atomic E-state index is 13.2. The van der Waals surface area contributed by atoms with Crippen LogP contribution in [0.2, 0.25) is 0 Å². The molecule has 0 bridgehead atoms. The molecule has 2 aromatic rings. The van der Waals surface area contributed by atoms with E-state index in [4.69, 9.17) is 28.4 Å². The van der Waals surface area contributed by atoms with Gasteiger partial charge in [-0.15, -0.1) is 0 Å². The number of rotatable bonds is 15. The highest BCUT2D eigenvalue weighted by atomic mass is 16.5. The number of likely N-dealkylation sites (tertiary alicyclic amines) is 1. The topological polar surface area (TPSA) is 110 Å². The van der Waals surface area contributed by atoms with Crippen molar-refractivity contribution >= 4 is 17.7 Å². The number of esters is 1. The van der Waals surface area contributed by atoms with Crippen LogP contribution in [0, 0.1) is 0 Å². The highest BCUT2D eigenvalue weighted by molar-refractivity contribution is 6.43. The number of carbonyl (C=O) groups excluding carboxylic acids is 3. The highest BCUT2D eigenvalue weighted by Gasteiger charge is 2.37. The molecular formula is C31H41NO9. The summed E-state index contributed by atoms with van der Waals surface area (Å²) in [6, 6.07) is 8.02. The van der Waals surface area contributed by atoms with Gasteiger partial charge < -0.3 is 33.3 Å². The summed E-state index contributed by atoms with van der Waals surface area (Å²) in [5, 5.41) is 0. The fraction of sp³-hybridized carbons (Fsp3) is 0.516. The molecule has 0 N–H and O–H groups in total. The molecule has 1 saturated heterocycles. The molecule has 2 aromatic carbocycles. The van der Waals surface area contributed by atoms with Crippen molar-refractivity contribution in [3.05, 3.63) is 41.5 Å². The van der Waals surface area contributed by atoms with Gasteiger partial charge in [0, 0.05) is 12.1 Å². The van der Waals surface area contributed by atoms with Gasteiger partial charge in [-0.05, 0) is 68.4 Å². The predicted octanol–water partition coefficient (Wildman–Crippen LogP) is 4.64. The first-order valence-corrected chi connectivity index (χ1v) is 13.9. The molecule has 1 fully saturated rings. The molecule has 1 aliphatic rings. The molecule has 0 aliphatic carbocycles. The Morgan fingerprint density at radius 2 is 1.41 bits per heavy atom. The van der Waals surface area contributed by atoms with Crippen molar-refractivity contribution < 1.29 is 42.8 Å². The number of amides is 1. The lowest BCUT2D eigenvalue weighted by Gasteiger charge is -2.33. The number of hydrogen-bond acceptors (Lipinski definition) is 9. The van der Waals surface area contributed by atoms with Gasteiger partial charge >= 0.3 is 5.97 Å². The molecular weight excluding hydrogens is 530 g/mol. The van der Waals surface area contributed by atoms with E-state index in [9.17, 15) is 14.4 Å². The largest absolute Gasteiger partial charge is 0.493 e. The Morgan fingerprint density at radius 3 is 2.05 bits per heavy atom. The van der Waals surface area contributed by atoms with Crippen molar-refractivity contribution in [2.75, 3.05) is 48.7 Å². The van der Waals surface area contributed by atoms with E-state index < -0.39 is 23.7 Å². The summed E-state index contributed by atoms with van der Waals surface area (Å²) in [6.45, 7) is 0.583. The predicted molar refractivity (Wildman–Crippen MR) is 152 cm³/mol. The number of carbonyl (C=O) groups is 3. The number of hydrogen-bond donors (Lipinski definition) is 0. The lowest BCUT2D eigenvalue weighted by molar-refractivity contribution is -0.155. The van der Waals surface area contributed by atoms with Crippen molar-refractivity contribution in [3.63, 3.8) is 0 Å². The summed E-state index contributed by atoms with van der Waals surface area (Å²) in [5.41, 5.74) is 1.27. The second kappa shape index (κ2) is 15.7. The first kappa shape index (κ1) is 31.6. The van der Waals surface area contributed by atoms with Crippen LogP contribution in [0.5, 0.6) is 28.7 Å². The lowest BCUT2D eigenvalue weighted by Crippen LogP contribution is -2.51. The smallest absolute Gasteiger partial charge is 0.328 e. The summed E-state index contributed by atoms with van der Waals surface area (Å²) in [7, 11) is 7.56. The minimum atomic E-state index is -0.785. The molecule has 0 radical (unpaired) electrons. The van der Waals surface area contributed by atoms with E-state index in [-0.39, 0.29) is 23.7 Å². The molecule has 1 aliphatic heterocycles. The molecule has 10 heteroatoms. The number of piperidine rings is 1. The Labute approximate surface area is 241 Å². The second-order valence-corrected chi connectivity index (χ2v) is 9.77. The van der Waals surface area contributed by atoms with Gasteiger partial charge in [-0.3, -0.25) is 9.59 Å². The zero-order chi connectivity index (χ0) is 29.8. The van der Waals surface area contributed by atoms with E-state index in [1.165, 1.54) is 43.9 Å². The minimum Gasteiger partial charge on any atom is -0.493 e. The van der Waals surface area contributed by atoms with Crippen LogP contribution in [-0.4, -0.2) is 77.3 Å². The molecule has 0 saturated carbocycles. The van der Waals surface area contributed by atoms with Crippen molar-refractivity contribution in [3.8, 4) is 28.7 Å². The molecule has 1 amide bonds. The van der Waals surface area contributed by atoms with Gasteiger partial charge in [0.25, 0.3) is 11.7 Å². The third-order valence-electron chi connectivity index (χ3n) is 7.21.